The van der Waals surface area contributed by atoms with Crippen molar-refractivity contribution in [3.63, 3.8) is 0 Å². The first-order chi connectivity index (χ1) is 4.75. The smallest absolute Gasteiger partial charge is 0.147 e. The summed E-state index contributed by atoms with van der Waals surface area (Å²) in [6, 6.07) is 0. The van der Waals surface area contributed by atoms with Crippen molar-refractivity contribution in [2.45, 2.75) is 25.5 Å². The fraction of sp³-hybridized carbons (Fsp3) is 0.667. The monoisotopic (exact) mass is 155 g/mol. The van der Waals surface area contributed by atoms with Gasteiger partial charge in [-0.2, -0.15) is 5.10 Å². The third-order valence-electron chi connectivity index (χ3n) is 1.71. The van der Waals surface area contributed by atoms with Crippen LogP contribution in [-0.2, 0) is 13.0 Å². The van der Waals surface area contributed by atoms with E-state index in [1.54, 1.807) is 0 Å². The lowest BCUT2D eigenvalue weighted by molar-refractivity contribution is 0.657. The van der Waals surface area contributed by atoms with Crippen LogP contribution in [0.4, 0.5) is 0 Å². The quantitative estimate of drug-likeness (QED) is 0.507. The first kappa shape index (κ1) is 6.29. The molecule has 1 aromatic heterocycles. The average molecular weight is 155 g/mol. The predicted molar refractivity (Wildman–Crippen MR) is 42.0 cm³/mol. The summed E-state index contributed by atoms with van der Waals surface area (Å²) in [4.78, 5) is 4.28. The lowest BCUT2D eigenvalue weighted by Crippen LogP contribution is -2.01. The van der Waals surface area contributed by atoms with E-state index in [0.29, 0.717) is 5.66 Å². The number of aryl methyl sites for hydroxylation is 1. The van der Waals surface area contributed by atoms with Crippen LogP contribution in [0, 0.1) is 6.92 Å². The minimum atomic E-state index is 0.649. The summed E-state index contributed by atoms with van der Waals surface area (Å²) in [5, 5.41) is 4.23. The topological polar surface area (TPSA) is 30.7 Å². The first-order valence-corrected chi connectivity index (χ1v) is 4.08. The van der Waals surface area contributed by atoms with E-state index in [4.69, 9.17) is 0 Å². The number of nitrogens with zero attached hydrogens (tertiary/aromatic N) is 3. The fourth-order valence-corrected chi connectivity index (χ4v) is 1.73. The molecule has 2 rings (SSSR count). The second-order valence-corrected chi connectivity index (χ2v) is 3.66. The van der Waals surface area contributed by atoms with Gasteiger partial charge in [0.1, 0.15) is 11.6 Å². The fourth-order valence-electron chi connectivity index (χ4n) is 1.32. The van der Waals surface area contributed by atoms with E-state index in [1.165, 1.54) is 0 Å². The van der Waals surface area contributed by atoms with Gasteiger partial charge < -0.3 is 0 Å². The van der Waals surface area contributed by atoms with Gasteiger partial charge in [-0.25, -0.2) is 9.67 Å². The Morgan fingerprint density at radius 3 is 3.20 bits per heavy atom. The highest BCUT2D eigenvalue weighted by Gasteiger charge is 2.19. The number of hydrogen-bond acceptors (Lipinski definition) is 2. The molecule has 1 aliphatic rings. The van der Waals surface area contributed by atoms with Crippen molar-refractivity contribution < 1.29 is 0 Å². The van der Waals surface area contributed by atoms with Crippen molar-refractivity contribution in [2.24, 2.45) is 0 Å². The lowest BCUT2D eigenvalue weighted by Gasteiger charge is -1.95. The zero-order valence-electron chi connectivity index (χ0n) is 5.91. The molecule has 0 bridgehead atoms. The van der Waals surface area contributed by atoms with E-state index in [0.717, 1.165) is 24.6 Å². The number of rotatable bonds is 0. The zero-order chi connectivity index (χ0) is 7.14. The molecule has 10 heavy (non-hydrogen) atoms. The summed E-state index contributed by atoms with van der Waals surface area (Å²) in [6.45, 7) is 2.95. The summed E-state index contributed by atoms with van der Waals surface area (Å²) < 4.78 is 1.99. The number of aromatic nitrogens is 3. The molecule has 0 saturated carbocycles. The maximum Gasteiger partial charge on any atom is 0.147 e. The highest BCUT2D eigenvalue weighted by molar-refractivity contribution is 7.17. The van der Waals surface area contributed by atoms with Gasteiger partial charge in [0.15, 0.2) is 0 Å². The van der Waals surface area contributed by atoms with Gasteiger partial charge in [0.05, 0.1) is 0 Å². The molecule has 2 atom stereocenters. The first-order valence-electron chi connectivity index (χ1n) is 3.41. The van der Waals surface area contributed by atoms with Crippen molar-refractivity contribution in [3.8, 4) is 0 Å². The molecule has 2 unspecified atom stereocenters. The van der Waals surface area contributed by atoms with Crippen LogP contribution in [-0.4, -0.2) is 20.4 Å². The van der Waals surface area contributed by atoms with Gasteiger partial charge in [0, 0.05) is 18.6 Å². The Morgan fingerprint density at radius 2 is 2.50 bits per heavy atom. The highest BCUT2D eigenvalue weighted by Crippen LogP contribution is 2.18. The van der Waals surface area contributed by atoms with Crippen LogP contribution in [0.2, 0.25) is 0 Å². The lowest BCUT2D eigenvalue weighted by atomic mass is 10.3. The van der Waals surface area contributed by atoms with Crippen LogP contribution in [0.5, 0.6) is 0 Å². The van der Waals surface area contributed by atoms with Crippen molar-refractivity contribution in [1.29, 1.82) is 0 Å². The van der Waals surface area contributed by atoms with Crippen molar-refractivity contribution in [3.05, 3.63) is 11.6 Å². The second-order valence-electron chi connectivity index (χ2n) is 2.72. The molecule has 0 amide bonds. The van der Waals surface area contributed by atoms with E-state index >= 15 is 0 Å². The van der Waals surface area contributed by atoms with Crippen molar-refractivity contribution >= 4 is 9.24 Å². The molecule has 2 heterocycles. The van der Waals surface area contributed by atoms with Gasteiger partial charge in [0.2, 0.25) is 0 Å². The van der Waals surface area contributed by atoms with E-state index in [-0.39, 0.29) is 0 Å². The van der Waals surface area contributed by atoms with Crippen molar-refractivity contribution in [2.75, 3.05) is 0 Å². The molecular weight excluding hydrogens is 145 g/mol. The summed E-state index contributed by atoms with van der Waals surface area (Å²) in [7, 11) is 2.80. The van der Waals surface area contributed by atoms with E-state index in [2.05, 4.69) is 19.3 Å². The maximum atomic E-state index is 4.28. The molecule has 0 aliphatic carbocycles. The Morgan fingerprint density at radius 1 is 1.70 bits per heavy atom. The largest absolute Gasteiger partial charge is 0.249 e. The van der Waals surface area contributed by atoms with Gasteiger partial charge in [-0.3, -0.25) is 0 Å². The molecule has 0 saturated heterocycles. The Bertz CT molecular complexity index is 232. The van der Waals surface area contributed by atoms with E-state index in [1.807, 2.05) is 11.6 Å². The minimum absolute atomic E-state index is 0.649. The van der Waals surface area contributed by atoms with Crippen molar-refractivity contribution in [1.82, 2.24) is 14.8 Å². The maximum absolute atomic E-state index is 4.28. The van der Waals surface area contributed by atoms with Crippen LogP contribution in [0.3, 0.4) is 0 Å². The SMILES string of the molecule is Cc1nc2n(n1)CC(P)C2. The minimum Gasteiger partial charge on any atom is -0.249 e. The Labute approximate surface area is 62.0 Å². The summed E-state index contributed by atoms with van der Waals surface area (Å²) in [5.41, 5.74) is 0.649. The summed E-state index contributed by atoms with van der Waals surface area (Å²) >= 11 is 0. The normalized spacial score (nSPS) is 23.2. The third kappa shape index (κ3) is 0.853. The van der Waals surface area contributed by atoms with Crippen LogP contribution >= 0.6 is 9.24 Å². The molecule has 0 spiro atoms. The molecule has 0 aromatic carbocycles. The third-order valence-corrected chi connectivity index (χ3v) is 2.15. The molecule has 3 nitrogen and oxygen atoms in total. The molecule has 1 aromatic rings. The van der Waals surface area contributed by atoms with Crippen LogP contribution in [0.1, 0.15) is 11.6 Å². The van der Waals surface area contributed by atoms with Crippen LogP contribution in [0.25, 0.3) is 0 Å². The molecule has 1 aliphatic heterocycles. The van der Waals surface area contributed by atoms with Crippen LogP contribution < -0.4 is 0 Å². The number of fused-ring (bicyclic) bond motifs is 1. The Balaban J connectivity index is 2.39. The Kier molecular flexibility index (Phi) is 1.27. The van der Waals surface area contributed by atoms with Gasteiger partial charge in [-0.15, -0.1) is 9.24 Å². The van der Waals surface area contributed by atoms with Gasteiger partial charge in [-0.1, -0.05) is 0 Å². The molecule has 54 valence electrons. The Hall–Kier alpha value is -0.430. The molecule has 0 N–H and O–H groups in total. The molecule has 4 heteroatoms. The summed E-state index contributed by atoms with van der Waals surface area (Å²) in [5.74, 6) is 2.03. The zero-order valence-corrected chi connectivity index (χ0v) is 7.07. The summed E-state index contributed by atoms with van der Waals surface area (Å²) in [6.07, 6.45) is 1.06. The van der Waals surface area contributed by atoms with Gasteiger partial charge >= 0.3 is 0 Å². The number of hydrogen-bond donors (Lipinski definition) is 0. The van der Waals surface area contributed by atoms with Gasteiger partial charge in [0.25, 0.3) is 0 Å². The second kappa shape index (κ2) is 2.03. The molecule has 0 radical (unpaired) electrons. The average Bonchev–Trinajstić information content (AvgIpc) is 2.21. The van der Waals surface area contributed by atoms with E-state index in [9.17, 15) is 0 Å². The predicted octanol–water partition coefficient (Wildman–Crippen LogP) is 0.386. The highest BCUT2D eigenvalue weighted by atomic mass is 31.0. The van der Waals surface area contributed by atoms with Gasteiger partial charge in [-0.05, 0) is 6.92 Å². The molecule has 0 fully saturated rings. The van der Waals surface area contributed by atoms with E-state index < -0.39 is 0 Å². The standard InChI is InChI=1S/C6H10N3P/c1-4-7-6-2-5(10)3-9(6)8-4/h5H,2-3,10H2,1H3. The van der Waals surface area contributed by atoms with Crippen LogP contribution in [0.15, 0.2) is 0 Å². The molecular formula is C6H10N3P.